The molecule has 0 saturated carbocycles. The van der Waals surface area contributed by atoms with E-state index in [4.69, 9.17) is 9.15 Å². The van der Waals surface area contributed by atoms with Crippen molar-refractivity contribution in [1.29, 1.82) is 0 Å². The van der Waals surface area contributed by atoms with Gasteiger partial charge in [0.25, 0.3) is 0 Å². The Hall–Kier alpha value is -2.82. The highest BCUT2D eigenvalue weighted by Crippen LogP contribution is 2.26. The smallest absolute Gasteiger partial charge is 0.340 e. The molecule has 2 aromatic heterocycles. The van der Waals surface area contributed by atoms with Gasteiger partial charge in [0, 0.05) is 10.9 Å². The Labute approximate surface area is 114 Å². The van der Waals surface area contributed by atoms with Crippen LogP contribution >= 0.6 is 0 Å². The normalized spacial score (nSPS) is 10.6. The number of rotatable bonds is 4. The number of nitrogens with zero attached hydrogens (tertiary/aromatic N) is 1. The van der Waals surface area contributed by atoms with Crippen molar-refractivity contribution in [3.05, 3.63) is 60.2 Å². The number of ether oxygens (including phenoxy) is 1. The van der Waals surface area contributed by atoms with Crippen LogP contribution in [-0.2, 0) is 6.61 Å². The molecule has 0 atom stereocenters. The van der Waals surface area contributed by atoms with Crippen LogP contribution in [0, 0.1) is 0 Å². The van der Waals surface area contributed by atoms with Crippen LogP contribution < -0.4 is 4.74 Å². The van der Waals surface area contributed by atoms with Crippen molar-refractivity contribution in [1.82, 2.24) is 4.98 Å². The summed E-state index contributed by atoms with van der Waals surface area (Å²) in [5.41, 5.74) is 1.58. The van der Waals surface area contributed by atoms with Crippen LogP contribution in [-0.4, -0.2) is 16.1 Å². The van der Waals surface area contributed by atoms with Crippen LogP contribution in [0.1, 0.15) is 15.9 Å². The van der Waals surface area contributed by atoms with Crippen LogP contribution in [0.25, 0.3) is 10.9 Å². The fourth-order valence-corrected chi connectivity index (χ4v) is 1.99. The van der Waals surface area contributed by atoms with E-state index < -0.39 is 5.97 Å². The average molecular weight is 269 g/mol. The molecule has 1 N–H and O–H groups in total. The number of carbonyl (C=O) groups is 1. The fraction of sp³-hybridized carbons (Fsp3) is 0.0667. The zero-order chi connectivity index (χ0) is 13.9. The molecular formula is C15H11NO4. The van der Waals surface area contributed by atoms with Gasteiger partial charge in [-0.3, -0.25) is 4.98 Å². The maximum Gasteiger partial charge on any atom is 0.340 e. The number of hydrogen-bond donors (Lipinski definition) is 1. The van der Waals surface area contributed by atoms with Gasteiger partial charge in [-0.1, -0.05) is 18.2 Å². The highest BCUT2D eigenvalue weighted by Gasteiger charge is 2.16. The summed E-state index contributed by atoms with van der Waals surface area (Å²) in [5, 5.41) is 9.95. The van der Waals surface area contributed by atoms with Gasteiger partial charge in [-0.15, -0.1) is 0 Å². The van der Waals surface area contributed by atoms with Crippen molar-refractivity contribution in [2.45, 2.75) is 6.61 Å². The SMILES string of the molecule is O=C(O)c1c(OCc2ccoc2)cnc2ccccc12. The molecule has 20 heavy (non-hydrogen) atoms. The molecule has 0 amide bonds. The minimum Gasteiger partial charge on any atom is -0.486 e. The van der Waals surface area contributed by atoms with Crippen LogP contribution in [0.15, 0.2) is 53.5 Å². The minimum absolute atomic E-state index is 0.124. The monoisotopic (exact) mass is 269 g/mol. The third-order valence-corrected chi connectivity index (χ3v) is 2.93. The molecule has 2 heterocycles. The first-order chi connectivity index (χ1) is 9.75. The second kappa shape index (κ2) is 5.05. The molecule has 0 aliphatic rings. The van der Waals surface area contributed by atoms with Gasteiger partial charge in [-0.25, -0.2) is 4.79 Å². The van der Waals surface area contributed by atoms with Crippen LogP contribution in [0.2, 0.25) is 0 Å². The van der Waals surface area contributed by atoms with Crippen molar-refractivity contribution in [3.8, 4) is 5.75 Å². The summed E-state index contributed by atoms with van der Waals surface area (Å²) in [6, 6.07) is 8.83. The molecule has 0 bridgehead atoms. The van der Waals surface area contributed by atoms with Gasteiger partial charge in [0.2, 0.25) is 0 Å². The first-order valence-electron chi connectivity index (χ1n) is 6.00. The van der Waals surface area contributed by atoms with Crippen molar-refractivity contribution in [2.75, 3.05) is 0 Å². The molecule has 3 aromatic rings. The second-order valence-electron chi connectivity index (χ2n) is 4.24. The average Bonchev–Trinajstić information content (AvgIpc) is 2.97. The number of para-hydroxylation sites is 1. The molecule has 5 nitrogen and oxygen atoms in total. The number of furan rings is 1. The van der Waals surface area contributed by atoms with Gasteiger partial charge >= 0.3 is 5.97 Å². The number of pyridine rings is 1. The summed E-state index contributed by atoms with van der Waals surface area (Å²) in [5.74, 6) is -0.789. The maximum atomic E-state index is 11.5. The molecule has 3 rings (SSSR count). The van der Waals surface area contributed by atoms with E-state index >= 15 is 0 Å². The molecule has 0 spiro atoms. The van der Waals surface area contributed by atoms with Gasteiger partial charge in [0.05, 0.1) is 24.2 Å². The summed E-state index contributed by atoms with van der Waals surface area (Å²) in [4.78, 5) is 15.7. The first-order valence-corrected chi connectivity index (χ1v) is 6.00. The molecule has 0 aliphatic carbocycles. The van der Waals surface area contributed by atoms with E-state index in [-0.39, 0.29) is 17.9 Å². The largest absolute Gasteiger partial charge is 0.486 e. The number of hydrogen-bond acceptors (Lipinski definition) is 4. The molecule has 0 radical (unpaired) electrons. The first kappa shape index (κ1) is 12.2. The van der Waals surface area contributed by atoms with E-state index in [1.54, 1.807) is 30.5 Å². The van der Waals surface area contributed by atoms with E-state index in [2.05, 4.69) is 4.98 Å². The predicted octanol–water partition coefficient (Wildman–Crippen LogP) is 3.11. The Kier molecular flexibility index (Phi) is 3.09. The zero-order valence-corrected chi connectivity index (χ0v) is 10.4. The van der Waals surface area contributed by atoms with E-state index in [9.17, 15) is 9.90 Å². The summed E-state index contributed by atoms with van der Waals surface area (Å²) in [6.45, 7) is 0.233. The lowest BCUT2D eigenvalue weighted by Crippen LogP contribution is -2.05. The van der Waals surface area contributed by atoms with Gasteiger partial charge in [0.1, 0.15) is 12.2 Å². The number of fused-ring (bicyclic) bond motifs is 1. The zero-order valence-electron chi connectivity index (χ0n) is 10.4. The quantitative estimate of drug-likeness (QED) is 0.787. The third-order valence-electron chi connectivity index (χ3n) is 2.93. The van der Waals surface area contributed by atoms with Crippen molar-refractivity contribution in [3.63, 3.8) is 0 Å². The lowest BCUT2D eigenvalue weighted by molar-refractivity contribution is 0.0694. The number of aromatic carboxylic acids is 1. The Balaban J connectivity index is 2.01. The third kappa shape index (κ3) is 2.21. The van der Waals surface area contributed by atoms with Crippen LogP contribution in [0.5, 0.6) is 5.75 Å². The number of benzene rings is 1. The second-order valence-corrected chi connectivity index (χ2v) is 4.24. The van der Waals surface area contributed by atoms with Gasteiger partial charge in [-0.05, 0) is 12.1 Å². The summed E-state index contributed by atoms with van der Waals surface area (Å²) >= 11 is 0. The Morgan fingerprint density at radius 2 is 2.15 bits per heavy atom. The summed E-state index contributed by atoms with van der Waals surface area (Å²) in [7, 11) is 0. The van der Waals surface area contributed by atoms with E-state index in [0.717, 1.165) is 5.56 Å². The fourth-order valence-electron chi connectivity index (χ4n) is 1.99. The van der Waals surface area contributed by atoms with Gasteiger partial charge in [-0.2, -0.15) is 0 Å². The lowest BCUT2D eigenvalue weighted by Gasteiger charge is -2.10. The Bertz CT molecular complexity index is 750. The molecule has 0 saturated heterocycles. The summed E-state index contributed by atoms with van der Waals surface area (Å²) in [6.07, 6.45) is 4.52. The molecule has 5 heteroatoms. The number of aromatic nitrogens is 1. The van der Waals surface area contributed by atoms with Crippen LogP contribution in [0.3, 0.4) is 0 Å². The predicted molar refractivity (Wildman–Crippen MR) is 71.7 cm³/mol. The maximum absolute atomic E-state index is 11.5. The molecule has 0 aliphatic heterocycles. The van der Waals surface area contributed by atoms with Crippen molar-refractivity contribution >= 4 is 16.9 Å². The van der Waals surface area contributed by atoms with E-state index in [0.29, 0.717) is 10.9 Å². The topological polar surface area (TPSA) is 72.6 Å². The highest BCUT2D eigenvalue weighted by molar-refractivity contribution is 6.04. The van der Waals surface area contributed by atoms with Crippen molar-refractivity contribution in [2.24, 2.45) is 0 Å². The minimum atomic E-state index is -1.04. The molecule has 1 aromatic carbocycles. The molecular weight excluding hydrogens is 258 g/mol. The van der Waals surface area contributed by atoms with Crippen molar-refractivity contribution < 1.29 is 19.1 Å². The highest BCUT2D eigenvalue weighted by atomic mass is 16.5. The number of carboxylic acids is 1. The Morgan fingerprint density at radius 1 is 1.30 bits per heavy atom. The van der Waals surface area contributed by atoms with E-state index in [1.807, 2.05) is 6.07 Å². The van der Waals surface area contributed by atoms with Crippen LogP contribution in [0.4, 0.5) is 0 Å². The molecule has 0 unspecified atom stereocenters. The molecule has 0 fully saturated rings. The van der Waals surface area contributed by atoms with E-state index in [1.165, 1.54) is 12.5 Å². The van der Waals surface area contributed by atoms with Gasteiger partial charge in [0.15, 0.2) is 5.75 Å². The lowest BCUT2D eigenvalue weighted by atomic mass is 10.1. The standard InChI is InChI=1S/C15H11NO4/c17-15(18)14-11-3-1-2-4-12(11)16-7-13(14)20-9-10-5-6-19-8-10/h1-8H,9H2,(H,17,18). The number of carboxylic acid groups (broad SMARTS) is 1. The molecule has 100 valence electrons. The Morgan fingerprint density at radius 3 is 2.90 bits per heavy atom. The van der Waals surface area contributed by atoms with Gasteiger partial charge < -0.3 is 14.3 Å². The summed E-state index contributed by atoms with van der Waals surface area (Å²) < 4.78 is 10.5.